The van der Waals surface area contributed by atoms with Gasteiger partial charge >= 0.3 is 0 Å². The molecule has 0 fully saturated rings. The molecule has 0 saturated carbocycles. The molecule has 0 aliphatic heterocycles. The average molecular weight is 340 g/mol. The average Bonchev–Trinajstić information content (AvgIpc) is 2.37. The number of hydrogen-bond acceptors (Lipinski definition) is 3. The molecule has 0 aliphatic rings. The van der Waals surface area contributed by atoms with Crippen molar-refractivity contribution >= 4 is 33.2 Å². The highest BCUT2D eigenvalue weighted by Gasteiger charge is 2.08. The summed E-state index contributed by atoms with van der Waals surface area (Å²) in [6.07, 6.45) is 1.39. The molecule has 1 heterocycles. The summed E-state index contributed by atoms with van der Waals surface area (Å²) in [5.74, 6) is -0.827. The minimum absolute atomic E-state index is 0.173. The van der Waals surface area contributed by atoms with Crippen LogP contribution in [-0.4, -0.2) is 10.5 Å². The van der Waals surface area contributed by atoms with Gasteiger partial charge in [-0.2, -0.15) is 0 Å². The van der Waals surface area contributed by atoms with Gasteiger partial charge in [0.25, 0.3) is 5.56 Å². The fourth-order valence-corrected chi connectivity index (χ4v) is 2.06. The summed E-state index contributed by atoms with van der Waals surface area (Å²) in [5.41, 5.74) is 6.04. The summed E-state index contributed by atoms with van der Waals surface area (Å²) in [6, 6.07) is 6.65. The van der Waals surface area contributed by atoms with E-state index in [-0.39, 0.29) is 12.1 Å². The van der Waals surface area contributed by atoms with Crippen LogP contribution in [-0.2, 0) is 11.3 Å². The van der Waals surface area contributed by atoms with E-state index in [0.29, 0.717) is 15.8 Å². The van der Waals surface area contributed by atoms with E-state index < -0.39 is 11.7 Å². The first-order chi connectivity index (χ1) is 9.45. The molecule has 2 rings (SSSR count). The molecule has 2 aromatic rings. The fraction of sp³-hybridized carbons (Fsp3) is 0.0769. The van der Waals surface area contributed by atoms with E-state index in [1.165, 1.54) is 41.1 Å². The van der Waals surface area contributed by atoms with E-state index in [1.54, 1.807) is 0 Å². The molecule has 0 bridgehead atoms. The zero-order valence-corrected chi connectivity index (χ0v) is 11.9. The van der Waals surface area contributed by atoms with Gasteiger partial charge in [0.1, 0.15) is 12.4 Å². The molecule has 0 radical (unpaired) electrons. The molecule has 0 atom stereocenters. The molecular formula is C13H11BrFN3O2. The van der Waals surface area contributed by atoms with Gasteiger partial charge in [0.05, 0.1) is 5.69 Å². The third kappa shape index (κ3) is 3.45. The molecule has 5 nitrogen and oxygen atoms in total. The van der Waals surface area contributed by atoms with Crippen LogP contribution in [0.5, 0.6) is 0 Å². The fourth-order valence-electron chi connectivity index (χ4n) is 1.61. The second kappa shape index (κ2) is 5.87. The van der Waals surface area contributed by atoms with E-state index in [1.807, 2.05) is 0 Å². The van der Waals surface area contributed by atoms with Crippen LogP contribution in [0.15, 0.2) is 45.8 Å². The van der Waals surface area contributed by atoms with Crippen molar-refractivity contribution in [1.82, 2.24) is 4.57 Å². The van der Waals surface area contributed by atoms with Crippen molar-refractivity contribution < 1.29 is 9.18 Å². The Morgan fingerprint density at radius 3 is 2.80 bits per heavy atom. The lowest BCUT2D eigenvalue weighted by molar-refractivity contribution is -0.116. The first kappa shape index (κ1) is 14.3. The number of anilines is 2. The van der Waals surface area contributed by atoms with Gasteiger partial charge in [-0.15, -0.1) is 0 Å². The van der Waals surface area contributed by atoms with Crippen molar-refractivity contribution in [3.63, 3.8) is 0 Å². The number of nitrogens with two attached hydrogens (primary N) is 1. The third-order valence-corrected chi connectivity index (χ3v) is 3.18. The predicted octanol–water partition coefficient (Wildman–Crippen LogP) is 1.97. The number of nitrogen functional groups attached to an aromatic ring is 1. The van der Waals surface area contributed by atoms with E-state index in [2.05, 4.69) is 21.2 Å². The number of nitrogens with one attached hydrogen (secondary N) is 1. The van der Waals surface area contributed by atoms with Crippen LogP contribution in [0.1, 0.15) is 0 Å². The Labute approximate surface area is 122 Å². The van der Waals surface area contributed by atoms with Gasteiger partial charge in [0.15, 0.2) is 0 Å². The topological polar surface area (TPSA) is 77.1 Å². The Hall–Kier alpha value is -2.15. The standard InChI is InChI=1S/C13H11BrFN3O2/c14-10-5-8(15)1-3-11(10)17-12(19)7-18-6-9(16)2-4-13(18)20/h1-6H,7,16H2,(H,17,19). The van der Waals surface area contributed by atoms with Crippen molar-refractivity contribution in [2.75, 3.05) is 11.1 Å². The minimum atomic E-state index is -0.415. The lowest BCUT2D eigenvalue weighted by Crippen LogP contribution is -2.27. The maximum absolute atomic E-state index is 12.9. The monoisotopic (exact) mass is 339 g/mol. The third-order valence-electron chi connectivity index (χ3n) is 2.53. The van der Waals surface area contributed by atoms with Crippen molar-refractivity contribution in [3.8, 4) is 0 Å². The summed E-state index contributed by atoms with van der Waals surface area (Å²) in [6.45, 7) is -0.173. The molecule has 0 saturated heterocycles. The first-order valence-electron chi connectivity index (χ1n) is 5.66. The van der Waals surface area contributed by atoms with Crippen LogP contribution >= 0.6 is 15.9 Å². The smallest absolute Gasteiger partial charge is 0.251 e. The molecule has 0 unspecified atom stereocenters. The Bertz CT molecular complexity index is 715. The normalized spacial score (nSPS) is 10.3. The number of carbonyl (C=O) groups is 1. The van der Waals surface area contributed by atoms with Gasteiger partial charge in [-0.05, 0) is 40.2 Å². The van der Waals surface area contributed by atoms with Gasteiger partial charge < -0.3 is 15.6 Å². The van der Waals surface area contributed by atoms with Crippen LogP contribution < -0.4 is 16.6 Å². The van der Waals surface area contributed by atoms with E-state index in [0.717, 1.165) is 0 Å². The minimum Gasteiger partial charge on any atom is -0.398 e. The van der Waals surface area contributed by atoms with Crippen LogP contribution in [0.4, 0.5) is 15.8 Å². The molecule has 1 amide bonds. The number of carbonyl (C=O) groups excluding carboxylic acids is 1. The van der Waals surface area contributed by atoms with Crippen LogP contribution in [0.2, 0.25) is 0 Å². The van der Waals surface area contributed by atoms with Gasteiger partial charge in [0, 0.05) is 22.4 Å². The van der Waals surface area contributed by atoms with E-state index in [4.69, 9.17) is 5.73 Å². The molecule has 7 heteroatoms. The number of aromatic nitrogens is 1. The molecule has 3 N–H and O–H groups in total. The van der Waals surface area contributed by atoms with Crippen molar-refractivity contribution in [3.05, 3.63) is 57.2 Å². The number of amides is 1. The SMILES string of the molecule is Nc1ccc(=O)n(CC(=O)Nc2ccc(F)cc2Br)c1. The van der Waals surface area contributed by atoms with Crippen molar-refractivity contribution in [1.29, 1.82) is 0 Å². The van der Waals surface area contributed by atoms with Gasteiger partial charge in [-0.25, -0.2) is 4.39 Å². The first-order valence-corrected chi connectivity index (χ1v) is 6.46. The highest BCUT2D eigenvalue weighted by atomic mass is 79.9. The molecule has 104 valence electrons. The summed E-state index contributed by atoms with van der Waals surface area (Å²) in [5, 5.41) is 2.58. The number of rotatable bonds is 3. The summed E-state index contributed by atoms with van der Waals surface area (Å²) < 4.78 is 14.5. The Kier molecular flexibility index (Phi) is 4.19. The molecule has 1 aromatic heterocycles. The maximum Gasteiger partial charge on any atom is 0.251 e. The van der Waals surface area contributed by atoms with Crippen LogP contribution in [0, 0.1) is 5.82 Å². The van der Waals surface area contributed by atoms with Crippen molar-refractivity contribution in [2.45, 2.75) is 6.54 Å². The molecule has 1 aromatic carbocycles. The lowest BCUT2D eigenvalue weighted by Gasteiger charge is -2.09. The summed E-state index contributed by atoms with van der Waals surface area (Å²) in [7, 11) is 0. The Balaban J connectivity index is 2.13. The highest BCUT2D eigenvalue weighted by molar-refractivity contribution is 9.10. The quantitative estimate of drug-likeness (QED) is 0.897. The number of nitrogens with zero attached hydrogens (tertiary/aromatic N) is 1. The second-order valence-corrected chi connectivity index (χ2v) is 4.96. The molecule has 0 spiro atoms. The summed E-state index contributed by atoms with van der Waals surface area (Å²) in [4.78, 5) is 23.4. The second-order valence-electron chi connectivity index (χ2n) is 4.10. The zero-order valence-electron chi connectivity index (χ0n) is 10.3. The Morgan fingerprint density at radius 1 is 1.35 bits per heavy atom. The van der Waals surface area contributed by atoms with Gasteiger partial charge in [0.2, 0.25) is 5.91 Å². The van der Waals surface area contributed by atoms with Gasteiger partial charge in [-0.3, -0.25) is 9.59 Å². The maximum atomic E-state index is 12.9. The molecule has 0 aliphatic carbocycles. The number of benzene rings is 1. The lowest BCUT2D eigenvalue weighted by atomic mass is 10.3. The number of hydrogen-bond donors (Lipinski definition) is 2. The van der Waals surface area contributed by atoms with Crippen LogP contribution in [0.3, 0.4) is 0 Å². The summed E-state index contributed by atoms with van der Waals surface area (Å²) >= 11 is 3.14. The molecular weight excluding hydrogens is 329 g/mol. The number of halogens is 2. The predicted molar refractivity (Wildman–Crippen MR) is 77.8 cm³/mol. The Morgan fingerprint density at radius 2 is 2.10 bits per heavy atom. The molecule has 20 heavy (non-hydrogen) atoms. The van der Waals surface area contributed by atoms with Gasteiger partial charge in [-0.1, -0.05) is 0 Å². The van der Waals surface area contributed by atoms with E-state index in [9.17, 15) is 14.0 Å². The van der Waals surface area contributed by atoms with Crippen molar-refractivity contribution in [2.24, 2.45) is 0 Å². The number of pyridine rings is 1. The zero-order chi connectivity index (χ0) is 14.7. The van der Waals surface area contributed by atoms with Crippen LogP contribution in [0.25, 0.3) is 0 Å². The van der Waals surface area contributed by atoms with E-state index >= 15 is 0 Å². The highest BCUT2D eigenvalue weighted by Crippen LogP contribution is 2.22. The largest absolute Gasteiger partial charge is 0.398 e.